The maximum Gasteiger partial charge on any atom is 0.0894 e. The van der Waals surface area contributed by atoms with Gasteiger partial charge in [0.2, 0.25) is 0 Å². The quantitative estimate of drug-likeness (QED) is 0.362. The summed E-state index contributed by atoms with van der Waals surface area (Å²) in [6.45, 7) is 1.98. The summed E-state index contributed by atoms with van der Waals surface area (Å²) in [5, 5.41) is 2.60. The molecule has 3 nitrogen and oxygen atoms in total. The van der Waals surface area contributed by atoms with Gasteiger partial charge in [-0.2, -0.15) is 0 Å². The lowest BCUT2D eigenvalue weighted by molar-refractivity contribution is 0.295. The molecule has 0 bridgehead atoms. The number of hydrogen-bond acceptors (Lipinski definition) is 3. The van der Waals surface area contributed by atoms with E-state index in [1.807, 2.05) is 30.5 Å². The van der Waals surface area contributed by atoms with E-state index >= 15 is 0 Å². The molecule has 1 aromatic heterocycles. The van der Waals surface area contributed by atoms with Crippen molar-refractivity contribution in [2.24, 2.45) is 0 Å². The molecule has 31 heavy (non-hydrogen) atoms. The lowest BCUT2D eigenvalue weighted by atomic mass is 9.83. The molecule has 0 aliphatic carbocycles. The predicted octanol–water partition coefficient (Wildman–Crippen LogP) is 6.03. The molecule has 0 saturated carbocycles. The van der Waals surface area contributed by atoms with Gasteiger partial charge in [0.25, 0.3) is 0 Å². The minimum absolute atomic E-state index is 0.370. The van der Waals surface area contributed by atoms with Crippen LogP contribution in [0.15, 0.2) is 91.1 Å². The van der Waals surface area contributed by atoms with Crippen LogP contribution >= 0.6 is 0 Å². The Kier molecular flexibility index (Phi) is 4.29. The molecular weight excluding hydrogens is 378 g/mol. The van der Waals surface area contributed by atoms with Crippen LogP contribution in [0, 0.1) is 0 Å². The van der Waals surface area contributed by atoms with Crippen LogP contribution in [0.3, 0.4) is 0 Å². The van der Waals surface area contributed by atoms with Crippen molar-refractivity contribution in [1.82, 2.24) is 14.9 Å². The van der Waals surface area contributed by atoms with E-state index in [1.54, 1.807) is 0 Å². The molecule has 4 aromatic carbocycles. The summed E-state index contributed by atoms with van der Waals surface area (Å²) < 4.78 is 0. The van der Waals surface area contributed by atoms with Crippen molar-refractivity contribution in [3.8, 4) is 11.3 Å². The zero-order chi connectivity index (χ0) is 20.8. The Hall–Kier alpha value is -3.56. The van der Waals surface area contributed by atoms with Gasteiger partial charge in [0.1, 0.15) is 0 Å². The van der Waals surface area contributed by atoms with E-state index in [4.69, 9.17) is 4.98 Å². The zero-order valence-corrected chi connectivity index (χ0v) is 17.5. The van der Waals surface area contributed by atoms with E-state index in [9.17, 15) is 0 Å². The van der Waals surface area contributed by atoms with Crippen LogP contribution in [0.4, 0.5) is 0 Å². The Morgan fingerprint density at radius 1 is 0.806 bits per heavy atom. The highest BCUT2D eigenvalue weighted by Gasteiger charge is 2.25. The summed E-state index contributed by atoms with van der Waals surface area (Å²) >= 11 is 0. The molecule has 6 rings (SSSR count). The molecular formula is C28H23N3. The van der Waals surface area contributed by atoms with Gasteiger partial charge in [-0.1, -0.05) is 66.7 Å². The third-order valence-corrected chi connectivity index (χ3v) is 6.37. The van der Waals surface area contributed by atoms with Crippen molar-refractivity contribution < 1.29 is 0 Å². The van der Waals surface area contributed by atoms with Gasteiger partial charge in [0.15, 0.2) is 0 Å². The first-order chi connectivity index (χ1) is 15.2. The van der Waals surface area contributed by atoms with Gasteiger partial charge in [-0.25, -0.2) is 4.98 Å². The third-order valence-electron chi connectivity index (χ3n) is 6.37. The fourth-order valence-electron chi connectivity index (χ4n) is 4.81. The second-order valence-electron chi connectivity index (χ2n) is 8.51. The van der Waals surface area contributed by atoms with Crippen LogP contribution in [-0.2, 0) is 6.54 Å². The summed E-state index contributed by atoms with van der Waals surface area (Å²) in [6, 6.07) is 30.3. The minimum atomic E-state index is 0.370. The first-order valence-corrected chi connectivity index (χ1v) is 10.8. The number of aromatic nitrogens is 2. The number of para-hydroxylation sites is 2. The van der Waals surface area contributed by atoms with Crippen molar-refractivity contribution in [2.45, 2.75) is 12.5 Å². The lowest BCUT2D eigenvalue weighted by Gasteiger charge is -2.33. The second-order valence-corrected chi connectivity index (χ2v) is 8.51. The number of likely N-dealkylation sites (N-methyl/N-ethyl adjacent to an activating group) is 1. The van der Waals surface area contributed by atoms with Crippen molar-refractivity contribution in [3.63, 3.8) is 0 Å². The van der Waals surface area contributed by atoms with Crippen LogP contribution in [0.25, 0.3) is 33.1 Å². The first kappa shape index (κ1) is 18.2. The molecule has 1 aliphatic rings. The molecule has 0 N–H and O–H groups in total. The topological polar surface area (TPSA) is 29.0 Å². The van der Waals surface area contributed by atoms with Gasteiger partial charge in [-0.05, 0) is 52.7 Å². The Bertz CT molecular complexity index is 1420. The maximum absolute atomic E-state index is 4.85. The Balaban J connectivity index is 1.42. The SMILES string of the molecule is CN1Cc2cc(-c3cnc4ccccc4n3)ccc2C(c2ccc3ccccc3c2)C1. The normalized spacial score (nSPS) is 16.5. The smallest absolute Gasteiger partial charge is 0.0894 e. The van der Waals surface area contributed by atoms with Crippen LogP contribution < -0.4 is 0 Å². The van der Waals surface area contributed by atoms with Gasteiger partial charge in [-0.3, -0.25) is 4.98 Å². The molecule has 2 heterocycles. The fourth-order valence-corrected chi connectivity index (χ4v) is 4.81. The van der Waals surface area contributed by atoms with E-state index in [0.717, 1.165) is 35.4 Å². The number of hydrogen-bond donors (Lipinski definition) is 0. The lowest BCUT2D eigenvalue weighted by Crippen LogP contribution is -2.31. The summed E-state index contributed by atoms with van der Waals surface area (Å²) in [5.74, 6) is 0.370. The van der Waals surface area contributed by atoms with Gasteiger partial charge < -0.3 is 4.90 Å². The highest BCUT2D eigenvalue weighted by Crippen LogP contribution is 2.36. The van der Waals surface area contributed by atoms with E-state index in [2.05, 4.69) is 77.6 Å². The largest absolute Gasteiger partial charge is 0.301 e. The van der Waals surface area contributed by atoms with Crippen molar-refractivity contribution in [3.05, 3.63) is 108 Å². The summed E-state index contributed by atoms with van der Waals surface area (Å²) in [5.41, 5.74) is 8.10. The summed E-state index contributed by atoms with van der Waals surface area (Å²) in [6.07, 6.45) is 1.89. The van der Waals surface area contributed by atoms with Crippen molar-refractivity contribution in [1.29, 1.82) is 0 Å². The molecule has 0 spiro atoms. The molecule has 0 amide bonds. The number of nitrogens with zero attached hydrogens (tertiary/aromatic N) is 3. The molecule has 150 valence electrons. The predicted molar refractivity (Wildman–Crippen MR) is 127 cm³/mol. The standard InChI is InChI=1S/C28H23N3/c1-31-17-23-15-22(28-16-29-26-8-4-5-9-27(26)30-28)12-13-24(23)25(18-31)21-11-10-19-6-2-3-7-20(19)14-21/h2-16,25H,17-18H2,1H3. The second kappa shape index (κ2) is 7.29. The van der Waals surface area contributed by atoms with Crippen LogP contribution in [0.5, 0.6) is 0 Å². The molecule has 1 unspecified atom stereocenters. The molecule has 1 atom stereocenters. The fraction of sp³-hybridized carbons (Fsp3) is 0.143. The molecule has 1 aliphatic heterocycles. The average Bonchev–Trinajstić information content (AvgIpc) is 2.82. The minimum Gasteiger partial charge on any atom is -0.301 e. The van der Waals surface area contributed by atoms with Crippen molar-refractivity contribution >= 4 is 21.8 Å². The van der Waals surface area contributed by atoms with Gasteiger partial charge >= 0.3 is 0 Å². The first-order valence-electron chi connectivity index (χ1n) is 10.8. The number of rotatable bonds is 2. The van der Waals surface area contributed by atoms with Gasteiger partial charge in [-0.15, -0.1) is 0 Å². The van der Waals surface area contributed by atoms with Gasteiger partial charge in [0.05, 0.1) is 22.9 Å². The average molecular weight is 402 g/mol. The maximum atomic E-state index is 4.85. The van der Waals surface area contributed by atoms with Crippen LogP contribution in [0.2, 0.25) is 0 Å². The molecule has 3 heteroatoms. The zero-order valence-electron chi connectivity index (χ0n) is 17.5. The highest BCUT2D eigenvalue weighted by molar-refractivity contribution is 5.83. The number of fused-ring (bicyclic) bond motifs is 3. The number of benzene rings is 4. The molecule has 0 fully saturated rings. The Morgan fingerprint density at radius 2 is 1.61 bits per heavy atom. The van der Waals surface area contributed by atoms with E-state index in [-0.39, 0.29) is 0 Å². The monoisotopic (exact) mass is 401 g/mol. The molecule has 5 aromatic rings. The summed E-state index contributed by atoms with van der Waals surface area (Å²) in [7, 11) is 2.21. The van der Waals surface area contributed by atoms with Crippen LogP contribution in [-0.4, -0.2) is 28.5 Å². The van der Waals surface area contributed by atoms with E-state index < -0.39 is 0 Å². The van der Waals surface area contributed by atoms with E-state index in [0.29, 0.717) is 5.92 Å². The van der Waals surface area contributed by atoms with Crippen molar-refractivity contribution in [2.75, 3.05) is 13.6 Å². The van der Waals surface area contributed by atoms with Gasteiger partial charge in [0, 0.05) is 24.6 Å². The Morgan fingerprint density at radius 3 is 2.52 bits per heavy atom. The summed E-state index contributed by atoms with van der Waals surface area (Å²) in [4.78, 5) is 11.9. The molecule has 0 radical (unpaired) electrons. The van der Waals surface area contributed by atoms with Crippen LogP contribution in [0.1, 0.15) is 22.6 Å². The third kappa shape index (κ3) is 3.28. The molecule has 0 saturated heterocycles. The Labute approximate surface area is 182 Å². The van der Waals surface area contributed by atoms with E-state index in [1.165, 1.54) is 27.5 Å². The highest BCUT2D eigenvalue weighted by atomic mass is 15.1.